The number of carbonyl (C=O) groups is 1. The lowest BCUT2D eigenvalue weighted by atomic mass is 9.96. The molecule has 0 radical (unpaired) electrons. The summed E-state index contributed by atoms with van der Waals surface area (Å²) in [7, 11) is 0. The highest BCUT2D eigenvalue weighted by atomic mass is 16.5. The minimum atomic E-state index is -0.195. The predicted molar refractivity (Wildman–Crippen MR) is 87.8 cm³/mol. The van der Waals surface area contributed by atoms with Gasteiger partial charge in [0.05, 0.1) is 5.92 Å². The normalized spacial score (nSPS) is 12.8. The number of rotatable bonds is 6. The molecule has 0 fully saturated rings. The Balaban J connectivity index is 1.77. The van der Waals surface area contributed by atoms with Crippen molar-refractivity contribution in [3.8, 4) is 11.1 Å². The van der Waals surface area contributed by atoms with Gasteiger partial charge < -0.3 is 10.1 Å². The summed E-state index contributed by atoms with van der Waals surface area (Å²) in [4.78, 5) is 12.7. The number of hydrogen-bond donors (Lipinski definition) is 1. The van der Waals surface area contributed by atoms with Gasteiger partial charge in [-0.15, -0.1) is 0 Å². The van der Waals surface area contributed by atoms with Crippen LogP contribution in [0.4, 0.5) is 0 Å². The van der Waals surface area contributed by atoms with Crippen molar-refractivity contribution in [1.82, 2.24) is 5.32 Å². The van der Waals surface area contributed by atoms with Gasteiger partial charge in [-0.2, -0.15) is 0 Å². The number of amides is 1. The summed E-state index contributed by atoms with van der Waals surface area (Å²) in [6.07, 6.45) is 0.843. The van der Waals surface area contributed by atoms with Gasteiger partial charge >= 0.3 is 0 Å². The Labute approximate surface area is 131 Å². The first-order chi connectivity index (χ1) is 10.8. The topological polar surface area (TPSA) is 38.3 Å². The summed E-state index contributed by atoms with van der Waals surface area (Å²) in [5.74, 6) is -0.117. The fourth-order valence-corrected chi connectivity index (χ4v) is 3.07. The van der Waals surface area contributed by atoms with E-state index in [9.17, 15) is 4.79 Å². The number of benzene rings is 2. The van der Waals surface area contributed by atoms with E-state index < -0.39 is 0 Å². The molecule has 1 N–H and O–H groups in total. The zero-order chi connectivity index (χ0) is 15.4. The molecule has 1 aliphatic carbocycles. The van der Waals surface area contributed by atoms with Gasteiger partial charge in [-0.25, -0.2) is 0 Å². The second kappa shape index (κ2) is 6.75. The second-order valence-electron chi connectivity index (χ2n) is 5.45. The lowest BCUT2D eigenvalue weighted by Gasteiger charge is -2.14. The third-order valence-corrected chi connectivity index (χ3v) is 4.06. The molecule has 3 heteroatoms. The molecule has 3 nitrogen and oxygen atoms in total. The average molecular weight is 295 g/mol. The summed E-state index contributed by atoms with van der Waals surface area (Å²) in [5.41, 5.74) is 4.55. The third-order valence-electron chi connectivity index (χ3n) is 4.06. The van der Waals surface area contributed by atoms with Crippen LogP contribution in [-0.4, -0.2) is 25.7 Å². The predicted octanol–water partition coefficient (Wildman–Crippen LogP) is 3.34. The monoisotopic (exact) mass is 295 g/mol. The number of nitrogens with one attached hydrogen (secondary N) is 1. The van der Waals surface area contributed by atoms with Gasteiger partial charge in [-0.05, 0) is 35.6 Å². The maximum absolute atomic E-state index is 12.7. The van der Waals surface area contributed by atoms with Crippen molar-refractivity contribution < 1.29 is 9.53 Å². The van der Waals surface area contributed by atoms with Crippen LogP contribution in [0.2, 0.25) is 0 Å². The van der Waals surface area contributed by atoms with Crippen molar-refractivity contribution in [3.05, 3.63) is 59.7 Å². The Kier molecular flexibility index (Phi) is 4.54. The minimum Gasteiger partial charge on any atom is -0.382 e. The van der Waals surface area contributed by atoms with Gasteiger partial charge in [0.1, 0.15) is 0 Å². The van der Waals surface area contributed by atoms with Crippen molar-refractivity contribution in [2.24, 2.45) is 0 Å². The maximum Gasteiger partial charge on any atom is 0.232 e. The van der Waals surface area contributed by atoms with Crippen LogP contribution in [0.5, 0.6) is 0 Å². The highest BCUT2D eigenvalue weighted by Gasteiger charge is 2.32. The standard InChI is InChI=1S/C19H21NO2/c1-2-22-13-7-12-20-19(21)18-16-10-5-3-8-14(16)15-9-4-6-11-17(15)18/h3-6,8-11,18H,2,7,12-13H2,1H3,(H,20,21). The molecule has 0 saturated carbocycles. The van der Waals surface area contributed by atoms with E-state index in [0.29, 0.717) is 13.2 Å². The van der Waals surface area contributed by atoms with Crippen molar-refractivity contribution in [2.45, 2.75) is 19.3 Å². The molecule has 0 aromatic heterocycles. The number of fused-ring (bicyclic) bond motifs is 3. The van der Waals surface area contributed by atoms with E-state index in [1.54, 1.807) is 0 Å². The van der Waals surface area contributed by atoms with Crippen LogP contribution in [0, 0.1) is 0 Å². The number of ether oxygens (including phenoxy) is 1. The van der Waals surface area contributed by atoms with Crippen LogP contribution in [0.3, 0.4) is 0 Å². The van der Waals surface area contributed by atoms with Crippen molar-refractivity contribution in [2.75, 3.05) is 19.8 Å². The largest absolute Gasteiger partial charge is 0.382 e. The molecule has 0 bridgehead atoms. The molecule has 114 valence electrons. The van der Waals surface area contributed by atoms with Gasteiger partial charge in [0, 0.05) is 19.8 Å². The van der Waals surface area contributed by atoms with Gasteiger partial charge in [-0.1, -0.05) is 48.5 Å². The zero-order valence-electron chi connectivity index (χ0n) is 12.8. The molecule has 22 heavy (non-hydrogen) atoms. The molecule has 2 aromatic carbocycles. The number of hydrogen-bond acceptors (Lipinski definition) is 2. The molecular weight excluding hydrogens is 274 g/mol. The Morgan fingerprint density at radius 2 is 1.64 bits per heavy atom. The Bertz CT molecular complexity index is 620. The maximum atomic E-state index is 12.7. The van der Waals surface area contributed by atoms with Crippen LogP contribution in [0.1, 0.15) is 30.4 Å². The first-order valence-corrected chi connectivity index (χ1v) is 7.86. The van der Waals surface area contributed by atoms with E-state index in [4.69, 9.17) is 4.74 Å². The molecular formula is C19H21NO2. The SMILES string of the molecule is CCOCCCNC(=O)C1c2ccccc2-c2ccccc21. The molecule has 0 spiro atoms. The first-order valence-electron chi connectivity index (χ1n) is 7.86. The quantitative estimate of drug-likeness (QED) is 0.830. The third kappa shape index (κ3) is 2.77. The summed E-state index contributed by atoms with van der Waals surface area (Å²) in [6, 6.07) is 16.3. The Morgan fingerprint density at radius 1 is 1.05 bits per heavy atom. The molecule has 3 rings (SSSR count). The Morgan fingerprint density at radius 3 is 2.23 bits per heavy atom. The highest BCUT2D eigenvalue weighted by molar-refractivity contribution is 5.96. The van der Waals surface area contributed by atoms with Crippen LogP contribution in [0.25, 0.3) is 11.1 Å². The molecule has 2 aromatic rings. The van der Waals surface area contributed by atoms with Crippen molar-refractivity contribution in [1.29, 1.82) is 0 Å². The first kappa shape index (κ1) is 14.8. The van der Waals surface area contributed by atoms with E-state index in [2.05, 4.69) is 29.6 Å². The van der Waals surface area contributed by atoms with Crippen molar-refractivity contribution >= 4 is 5.91 Å². The molecule has 0 unspecified atom stereocenters. The lowest BCUT2D eigenvalue weighted by molar-refractivity contribution is -0.121. The molecule has 0 saturated heterocycles. The fraction of sp³-hybridized carbons (Fsp3) is 0.316. The van der Waals surface area contributed by atoms with Gasteiger partial charge in [0.15, 0.2) is 0 Å². The summed E-state index contributed by atoms with van der Waals surface area (Å²) < 4.78 is 5.30. The minimum absolute atomic E-state index is 0.0777. The van der Waals surface area contributed by atoms with E-state index in [1.165, 1.54) is 11.1 Å². The molecule has 1 amide bonds. The zero-order valence-corrected chi connectivity index (χ0v) is 12.8. The molecule has 0 atom stereocenters. The summed E-state index contributed by atoms with van der Waals surface area (Å²) in [6.45, 7) is 4.04. The lowest BCUT2D eigenvalue weighted by Crippen LogP contribution is -2.30. The summed E-state index contributed by atoms with van der Waals surface area (Å²) >= 11 is 0. The van der Waals surface area contributed by atoms with E-state index in [-0.39, 0.29) is 11.8 Å². The van der Waals surface area contributed by atoms with Crippen LogP contribution in [-0.2, 0) is 9.53 Å². The average Bonchev–Trinajstić information content (AvgIpc) is 2.89. The second-order valence-corrected chi connectivity index (χ2v) is 5.45. The van der Waals surface area contributed by atoms with Crippen LogP contribution in [0.15, 0.2) is 48.5 Å². The molecule has 0 heterocycles. The van der Waals surface area contributed by atoms with Crippen LogP contribution < -0.4 is 5.32 Å². The van der Waals surface area contributed by atoms with E-state index in [0.717, 1.165) is 24.2 Å². The summed E-state index contributed by atoms with van der Waals surface area (Å²) in [5, 5.41) is 3.05. The van der Waals surface area contributed by atoms with Crippen LogP contribution >= 0.6 is 0 Å². The van der Waals surface area contributed by atoms with Gasteiger partial charge in [0.2, 0.25) is 5.91 Å². The smallest absolute Gasteiger partial charge is 0.232 e. The molecule has 1 aliphatic rings. The molecule has 0 aliphatic heterocycles. The van der Waals surface area contributed by atoms with E-state index >= 15 is 0 Å². The highest BCUT2D eigenvalue weighted by Crippen LogP contribution is 2.44. The van der Waals surface area contributed by atoms with Gasteiger partial charge in [0.25, 0.3) is 0 Å². The number of carbonyl (C=O) groups excluding carboxylic acids is 1. The van der Waals surface area contributed by atoms with Gasteiger partial charge in [-0.3, -0.25) is 4.79 Å². The Hall–Kier alpha value is -2.13. The van der Waals surface area contributed by atoms with E-state index in [1.807, 2.05) is 31.2 Å². The fourth-order valence-electron chi connectivity index (χ4n) is 3.07. The van der Waals surface area contributed by atoms with Crippen molar-refractivity contribution in [3.63, 3.8) is 0 Å².